The number of carbonyl (C=O) groups excluding carboxylic acids is 1. The number of fused-ring (bicyclic) bond motifs is 2. The van der Waals surface area contributed by atoms with Gasteiger partial charge in [0.05, 0.1) is 11.7 Å². The first kappa shape index (κ1) is 15.2. The number of aromatic nitrogens is 2. The molecule has 3 aromatic heterocycles. The van der Waals surface area contributed by atoms with Crippen LogP contribution >= 0.6 is 0 Å². The summed E-state index contributed by atoms with van der Waals surface area (Å²) >= 11 is 0. The van der Waals surface area contributed by atoms with E-state index in [0.717, 1.165) is 13.0 Å². The normalized spacial score (nSPS) is 11.2. The van der Waals surface area contributed by atoms with Gasteiger partial charge >= 0.3 is 5.78 Å². The number of aryl methyl sites for hydroxylation is 1. The predicted molar refractivity (Wildman–Crippen MR) is 91.4 cm³/mol. The van der Waals surface area contributed by atoms with E-state index in [0.29, 0.717) is 17.5 Å². The first-order valence-electron chi connectivity index (χ1n) is 7.92. The van der Waals surface area contributed by atoms with Crippen LogP contribution in [0.5, 0.6) is 0 Å². The zero-order valence-corrected chi connectivity index (χ0v) is 13.3. The number of benzene rings is 1. The first-order valence-corrected chi connectivity index (χ1v) is 7.92. The highest BCUT2D eigenvalue weighted by atomic mass is 16.5. The van der Waals surface area contributed by atoms with Crippen LogP contribution in [-0.4, -0.2) is 22.0 Å². The van der Waals surface area contributed by atoms with E-state index in [4.69, 9.17) is 8.83 Å². The summed E-state index contributed by atoms with van der Waals surface area (Å²) in [6.07, 6.45) is 6.05. The van der Waals surface area contributed by atoms with Gasteiger partial charge < -0.3 is 18.7 Å². The van der Waals surface area contributed by atoms with E-state index in [1.807, 2.05) is 10.8 Å². The number of para-hydroxylation sites is 1. The van der Waals surface area contributed by atoms with Gasteiger partial charge in [0, 0.05) is 31.5 Å². The molecule has 7 heteroatoms. The van der Waals surface area contributed by atoms with Gasteiger partial charge in [-0.25, -0.2) is 4.98 Å². The number of rotatable bonds is 5. The van der Waals surface area contributed by atoms with Crippen molar-refractivity contribution in [2.45, 2.75) is 13.0 Å². The predicted octanol–water partition coefficient (Wildman–Crippen LogP) is 2.56. The quantitative estimate of drug-likeness (QED) is 0.565. The lowest BCUT2D eigenvalue weighted by Crippen LogP contribution is -2.24. The summed E-state index contributed by atoms with van der Waals surface area (Å²) in [5, 5.41) is 3.50. The van der Waals surface area contributed by atoms with Gasteiger partial charge in [0.15, 0.2) is 5.76 Å². The summed E-state index contributed by atoms with van der Waals surface area (Å²) in [6, 6.07) is 8.34. The Balaban J connectivity index is 1.51. The molecule has 0 fully saturated rings. The fraction of sp³-hybridized carbons (Fsp3) is 0.167. The summed E-state index contributed by atoms with van der Waals surface area (Å²) in [5.41, 5.74) is 0.224. The number of nitrogens with one attached hydrogen (secondary N) is 1. The summed E-state index contributed by atoms with van der Waals surface area (Å²) in [6.45, 7) is 1.24. The molecular formula is C18H15N3O4. The third kappa shape index (κ3) is 2.91. The smallest absolute Gasteiger partial charge is 0.302 e. The molecule has 0 saturated heterocycles. The molecule has 7 nitrogen and oxygen atoms in total. The Morgan fingerprint density at radius 2 is 2.08 bits per heavy atom. The molecule has 0 aliphatic rings. The number of imidazole rings is 1. The fourth-order valence-corrected chi connectivity index (χ4v) is 2.68. The molecule has 0 spiro atoms. The van der Waals surface area contributed by atoms with E-state index in [1.165, 1.54) is 6.07 Å². The minimum Gasteiger partial charge on any atom is -0.425 e. The van der Waals surface area contributed by atoms with E-state index in [1.54, 1.807) is 36.8 Å². The van der Waals surface area contributed by atoms with E-state index >= 15 is 0 Å². The average molecular weight is 337 g/mol. The van der Waals surface area contributed by atoms with Crippen molar-refractivity contribution < 1.29 is 13.6 Å². The molecule has 0 atom stereocenters. The third-order valence-electron chi connectivity index (χ3n) is 3.94. The van der Waals surface area contributed by atoms with Gasteiger partial charge in [0.2, 0.25) is 5.43 Å². The molecule has 0 aliphatic carbocycles. The highest BCUT2D eigenvalue weighted by Crippen LogP contribution is 2.21. The number of nitrogens with zero attached hydrogens (tertiary/aromatic N) is 2. The maximum Gasteiger partial charge on any atom is 0.302 e. The molecular weight excluding hydrogens is 322 g/mol. The van der Waals surface area contributed by atoms with Crippen molar-refractivity contribution in [3.63, 3.8) is 0 Å². The zero-order chi connectivity index (χ0) is 17.2. The molecule has 25 heavy (non-hydrogen) atoms. The molecule has 126 valence electrons. The Morgan fingerprint density at radius 1 is 1.20 bits per heavy atom. The molecule has 0 unspecified atom stereocenters. The van der Waals surface area contributed by atoms with Gasteiger partial charge in [-0.15, -0.1) is 0 Å². The fourth-order valence-electron chi connectivity index (χ4n) is 2.68. The monoisotopic (exact) mass is 337 g/mol. The van der Waals surface area contributed by atoms with Gasteiger partial charge in [-0.3, -0.25) is 9.59 Å². The molecule has 0 bridgehead atoms. The van der Waals surface area contributed by atoms with Crippen LogP contribution in [0, 0.1) is 0 Å². The van der Waals surface area contributed by atoms with Crippen molar-refractivity contribution in [1.82, 2.24) is 14.9 Å². The largest absolute Gasteiger partial charge is 0.425 e. The SMILES string of the molecule is O=C(NCCCn1ccnc1)c1cc2c(=O)c3ccccc3oc2o1. The van der Waals surface area contributed by atoms with Crippen LogP contribution in [0.4, 0.5) is 0 Å². The van der Waals surface area contributed by atoms with Crippen molar-refractivity contribution in [3.8, 4) is 0 Å². The maximum atomic E-state index is 12.5. The number of furan rings is 1. The molecule has 3 heterocycles. The van der Waals surface area contributed by atoms with Crippen molar-refractivity contribution in [2.75, 3.05) is 6.54 Å². The average Bonchev–Trinajstić information content (AvgIpc) is 3.28. The number of amides is 1. The topological polar surface area (TPSA) is 90.3 Å². The van der Waals surface area contributed by atoms with E-state index < -0.39 is 0 Å². The van der Waals surface area contributed by atoms with Crippen LogP contribution in [0.15, 0.2) is 62.7 Å². The van der Waals surface area contributed by atoms with Crippen LogP contribution < -0.4 is 10.7 Å². The Labute approximate surface area is 141 Å². The molecule has 0 aliphatic heterocycles. The van der Waals surface area contributed by atoms with Crippen molar-refractivity contribution in [1.29, 1.82) is 0 Å². The zero-order valence-electron chi connectivity index (χ0n) is 13.3. The molecule has 1 aromatic carbocycles. The van der Waals surface area contributed by atoms with Gasteiger partial charge in [-0.2, -0.15) is 0 Å². The summed E-state index contributed by atoms with van der Waals surface area (Å²) in [4.78, 5) is 28.6. The second-order valence-electron chi connectivity index (χ2n) is 5.65. The van der Waals surface area contributed by atoms with Crippen LogP contribution in [0.25, 0.3) is 22.1 Å². The second-order valence-corrected chi connectivity index (χ2v) is 5.65. The van der Waals surface area contributed by atoms with Crippen LogP contribution in [0.3, 0.4) is 0 Å². The Bertz CT molecular complexity index is 1090. The second kappa shape index (κ2) is 6.27. The minimum absolute atomic E-state index is 0.0623. The van der Waals surface area contributed by atoms with Gasteiger partial charge in [-0.05, 0) is 18.6 Å². The highest BCUT2D eigenvalue weighted by Gasteiger charge is 2.17. The van der Waals surface area contributed by atoms with E-state index in [-0.39, 0.29) is 28.3 Å². The number of hydrogen-bond acceptors (Lipinski definition) is 5. The van der Waals surface area contributed by atoms with Gasteiger partial charge in [0.1, 0.15) is 11.0 Å². The van der Waals surface area contributed by atoms with Crippen molar-refractivity contribution >= 4 is 28.0 Å². The van der Waals surface area contributed by atoms with Crippen LogP contribution in [0.1, 0.15) is 17.0 Å². The lowest BCUT2D eigenvalue weighted by molar-refractivity contribution is 0.0925. The van der Waals surface area contributed by atoms with Crippen molar-refractivity contribution in [3.05, 3.63) is 65.0 Å². The lowest BCUT2D eigenvalue weighted by Gasteiger charge is -2.03. The van der Waals surface area contributed by atoms with E-state index in [9.17, 15) is 9.59 Å². The van der Waals surface area contributed by atoms with Crippen LogP contribution in [-0.2, 0) is 6.54 Å². The number of carbonyl (C=O) groups is 1. The first-order chi connectivity index (χ1) is 12.2. The molecule has 4 rings (SSSR count). The standard InChI is InChI=1S/C18H15N3O4/c22-16-12-4-1-2-5-14(12)24-18-13(16)10-15(25-18)17(23)20-6-3-8-21-9-7-19-11-21/h1-2,4-5,7,9-11H,3,6,8H2,(H,20,23). The highest BCUT2D eigenvalue weighted by molar-refractivity contribution is 5.97. The van der Waals surface area contributed by atoms with Gasteiger partial charge in [-0.1, -0.05) is 12.1 Å². The van der Waals surface area contributed by atoms with E-state index in [2.05, 4.69) is 10.3 Å². The Hall–Kier alpha value is -3.35. The third-order valence-corrected chi connectivity index (χ3v) is 3.94. The molecule has 1 amide bonds. The van der Waals surface area contributed by atoms with Crippen molar-refractivity contribution in [2.24, 2.45) is 0 Å². The Kier molecular flexibility index (Phi) is 3.81. The molecule has 0 saturated carbocycles. The molecule has 0 radical (unpaired) electrons. The lowest BCUT2D eigenvalue weighted by atomic mass is 10.2. The maximum absolute atomic E-state index is 12.5. The molecule has 4 aromatic rings. The Morgan fingerprint density at radius 3 is 2.92 bits per heavy atom. The van der Waals surface area contributed by atoms with Gasteiger partial charge in [0.25, 0.3) is 5.91 Å². The van der Waals surface area contributed by atoms with Crippen LogP contribution in [0.2, 0.25) is 0 Å². The number of hydrogen-bond donors (Lipinski definition) is 1. The minimum atomic E-state index is -0.375. The molecule has 1 N–H and O–H groups in total. The summed E-state index contributed by atoms with van der Waals surface area (Å²) in [7, 11) is 0. The summed E-state index contributed by atoms with van der Waals surface area (Å²) in [5.74, 6) is -0.249. The summed E-state index contributed by atoms with van der Waals surface area (Å²) < 4.78 is 12.9.